The molecular formula is C21H23N3O7S2. The number of carbonyl (C=O) groups excluding carboxylic acids is 1. The minimum atomic E-state index is -4.07. The summed E-state index contributed by atoms with van der Waals surface area (Å²) >= 11 is 1.37. The molecule has 0 unspecified atom stereocenters. The van der Waals surface area contributed by atoms with Crippen LogP contribution in [0, 0.1) is 13.8 Å². The van der Waals surface area contributed by atoms with Crippen molar-refractivity contribution in [2.24, 2.45) is 0 Å². The van der Waals surface area contributed by atoms with Gasteiger partial charge in [0.1, 0.15) is 29.1 Å². The van der Waals surface area contributed by atoms with Crippen molar-refractivity contribution >= 4 is 37.5 Å². The monoisotopic (exact) mass is 493 g/mol. The maximum atomic E-state index is 13.1. The Bertz CT molecular complexity index is 1360. The van der Waals surface area contributed by atoms with Gasteiger partial charge < -0.3 is 19.6 Å². The normalized spacial score (nSPS) is 19.2. The van der Waals surface area contributed by atoms with Gasteiger partial charge in [0.2, 0.25) is 10.0 Å². The van der Waals surface area contributed by atoms with Crippen molar-refractivity contribution < 1.29 is 27.8 Å². The zero-order chi connectivity index (χ0) is 23.9. The maximum Gasteiger partial charge on any atom is 0.325 e. The second-order valence-electron chi connectivity index (χ2n) is 7.74. The minimum Gasteiger partial charge on any atom is -0.497 e. The molecule has 33 heavy (non-hydrogen) atoms. The van der Waals surface area contributed by atoms with Crippen molar-refractivity contribution in [2.45, 2.75) is 43.9 Å². The molecule has 1 aliphatic rings. The van der Waals surface area contributed by atoms with Gasteiger partial charge in [-0.2, -0.15) is 4.31 Å². The second kappa shape index (κ2) is 8.86. The Morgan fingerprint density at radius 3 is 2.67 bits per heavy atom. The molecule has 12 heteroatoms. The van der Waals surface area contributed by atoms with Crippen LogP contribution in [0.2, 0.25) is 0 Å². The Balaban J connectivity index is 1.53. The highest BCUT2D eigenvalue weighted by Gasteiger charge is 2.44. The minimum absolute atomic E-state index is 0.0323. The number of ether oxygens (including phenoxy) is 2. The fourth-order valence-corrected chi connectivity index (χ4v) is 6.43. The number of hydrogen-bond acceptors (Lipinski definition) is 9. The first-order chi connectivity index (χ1) is 15.6. The fourth-order valence-electron chi connectivity index (χ4n) is 3.75. The number of esters is 1. The van der Waals surface area contributed by atoms with E-state index in [4.69, 9.17) is 9.47 Å². The number of thiophene rings is 1. The van der Waals surface area contributed by atoms with E-state index in [9.17, 15) is 23.1 Å². The summed E-state index contributed by atoms with van der Waals surface area (Å²) in [7, 11) is -2.60. The van der Waals surface area contributed by atoms with Gasteiger partial charge in [0.05, 0.1) is 23.5 Å². The molecule has 2 aromatic heterocycles. The third kappa shape index (κ3) is 4.38. The summed E-state index contributed by atoms with van der Waals surface area (Å²) in [6.07, 6.45) is -1.11. The molecule has 0 saturated carbocycles. The molecule has 1 saturated heterocycles. The number of nitrogens with zero attached hydrogens (tertiary/aromatic N) is 2. The quantitative estimate of drug-likeness (QED) is 0.492. The first kappa shape index (κ1) is 23.4. The zero-order valence-electron chi connectivity index (χ0n) is 18.2. The van der Waals surface area contributed by atoms with Crippen molar-refractivity contribution in [1.82, 2.24) is 14.3 Å². The average Bonchev–Trinajstić information content (AvgIpc) is 3.32. The van der Waals surface area contributed by atoms with Gasteiger partial charge in [-0.25, -0.2) is 13.4 Å². The number of aryl methyl sites for hydroxylation is 2. The summed E-state index contributed by atoms with van der Waals surface area (Å²) in [5.41, 5.74) is 0.527. The van der Waals surface area contributed by atoms with E-state index in [1.54, 1.807) is 0 Å². The molecule has 2 atom stereocenters. The molecule has 1 aliphatic heterocycles. The summed E-state index contributed by atoms with van der Waals surface area (Å²) in [6, 6.07) is 4.54. The number of hydrogen-bond donors (Lipinski definition) is 2. The summed E-state index contributed by atoms with van der Waals surface area (Å²) in [5.74, 6) is -0.184. The van der Waals surface area contributed by atoms with Crippen LogP contribution in [0.25, 0.3) is 10.2 Å². The van der Waals surface area contributed by atoms with Crippen LogP contribution < -0.4 is 10.3 Å². The van der Waals surface area contributed by atoms with E-state index < -0.39 is 28.1 Å². The Morgan fingerprint density at radius 1 is 1.30 bits per heavy atom. The molecule has 4 rings (SSSR count). The number of H-pyrrole nitrogens is 1. The number of nitrogens with one attached hydrogen (secondary N) is 1. The Hall–Kier alpha value is -2.80. The molecule has 0 spiro atoms. The smallest absolute Gasteiger partial charge is 0.325 e. The van der Waals surface area contributed by atoms with Gasteiger partial charge in [-0.05, 0) is 43.7 Å². The molecule has 0 amide bonds. The van der Waals surface area contributed by atoms with E-state index >= 15 is 0 Å². The second-order valence-corrected chi connectivity index (χ2v) is 10.8. The van der Waals surface area contributed by atoms with Gasteiger partial charge in [-0.1, -0.05) is 0 Å². The standard InChI is InChI=1S/C21H23N3O7S2/c1-11-12(2)32-20-18(11)19(26)22-17(23-20)10-31-21(27)16-8-13(25)9-24(16)33(28,29)15-6-4-14(30-3)5-7-15/h4-7,13,16,25H,8-10H2,1-3H3,(H,22,23,26)/t13-,16-/m1/s1. The number of methoxy groups -OCH3 is 1. The number of aromatic amines is 1. The number of benzene rings is 1. The average molecular weight is 494 g/mol. The highest BCUT2D eigenvalue weighted by molar-refractivity contribution is 7.89. The summed E-state index contributed by atoms with van der Waals surface area (Å²) in [6.45, 7) is 3.17. The SMILES string of the molecule is COc1ccc(S(=O)(=O)N2C[C@H](O)C[C@@H]2C(=O)OCc2nc3sc(C)c(C)c3c(=O)[nH]2)cc1. The van der Waals surface area contributed by atoms with E-state index in [2.05, 4.69) is 9.97 Å². The van der Waals surface area contributed by atoms with E-state index in [0.29, 0.717) is 16.0 Å². The third-order valence-electron chi connectivity index (χ3n) is 5.61. The van der Waals surface area contributed by atoms with E-state index in [0.717, 1.165) is 14.7 Å². The number of β-amino-alcohol motifs (C(OH)–C–C–N with tert-alkyl or cyclic N) is 1. The Kier molecular flexibility index (Phi) is 6.27. The number of aliphatic hydroxyl groups is 1. The number of aromatic nitrogens is 2. The van der Waals surface area contributed by atoms with Gasteiger partial charge in [0.15, 0.2) is 0 Å². The molecule has 0 aliphatic carbocycles. The van der Waals surface area contributed by atoms with Crippen molar-refractivity contribution in [2.75, 3.05) is 13.7 Å². The first-order valence-corrected chi connectivity index (χ1v) is 12.4. The van der Waals surface area contributed by atoms with Crippen LogP contribution in [-0.4, -0.2) is 59.6 Å². The lowest BCUT2D eigenvalue weighted by Crippen LogP contribution is -2.41. The van der Waals surface area contributed by atoms with Gasteiger partial charge in [0.25, 0.3) is 5.56 Å². The zero-order valence-corrected chi connectivity index (χ0v) is 19.8. The highest BCUT2D eigenvalue weighted by Crippen LogP contribution is 2.29. The molecule has 1 aromatic carbocycles. The van der Waals surface area contributed by atoms with Crippen molar-refractivity contribution in [3.63, 3.8) is 0 Å². The topological polar surface area (TPSA) is 139 Å². The Morgan fingerprint density at radius 2 is 2.00 bits per heavy atom. The van der Waals surface area contributed by atoms with Crippen molar-refractivity contribution in [3.8, 4) is 5.75 Å². The van der Waals surface area contributed by atoms with E-state index in [-0.39, 0.29) is 35.9 Å². The van der Waals surface area contributed by atoms with Crippen molar-refractivity contribution in [1.29, 1.82) is 0 Å². The molecule has 3 aromatic rings. The van der Waals surface area contributed by atoms with Crippen LogP contribution in [-0.2, 0) is 26.2 Å². The first-order valence-electron chi connectivity index (χ1n) is 10.1. The lowest BCUT2D eigenvalue weighted by atomic mass is 10.2. The van der Waals surface area contributed by atoms with Gasteiger partial charge in [-0.3, -0.25) is 9.59 Å². The summed E-state index contributed by atoms with van der Waals surface area (Å²) in [5, 5.41) is 10.6. The molecule has 0 bridgehead atoms. The molecule has 0 radical (unpaired) electrons. The van der Waals surface area contributed by atoms with Crippen LogP contribution in [0.4, 0.5) is 0 Å². The molecule has 176 valence electrons. The summed E-state index contributed by atoms with van der Waals surface area (Å²) in [4.78, 5) is 33.6. The largest absolute Gasteiger partial charge is 0.497 e. The number of aliphatic hydroxyl groups excluding tert-OH is 1. The molecule has 2 N–H and O–H groups in total. The maximum absolute atomic E-state index is 13.1. The van der Waals surface area contributed by atoms with Crippen LogP contribution in [0.5, 0.6) is 5.75 Å². The van der Waals surface area contributed by atoms with E-state index in [1.165, 1.54) is 42.7 Å². The van der Waals surface area contributed by atoms with Crippen molar-refractivity contribution in [3.05, 3.63) is 50.9 Å². The fraction of sp³-hybridized carbons (Fsp3) is 0.381. The number of rotatable bonds is 6. The van der Waals surface area contributed by atoms with Crippen LogP contribution in [0.15, 0.2) is 34.0 Å². The molecule has 10 nitrogen and oxygen atoms in total. The molecule has 3 heterocycles. The predicted octanol–water partition coefficient (Wildman–Crippen LogP) is 1.48. The number of fused-ring (bicyclic) bond motifs is 1. The number of sulfonamides is 1. The highest BCUT2D eigenvalue weighted by atomic mass is 32.2. The molecular weight excluding hydrogens is 470 g/mol. The van der Waals surface area contributed by atoms with Crippen LogP contribution >= 0.6 is 11.3 Å². The lowest BCUT2D eigenvalue weighted by Gasteiger charge is -2.22. The lowest BCUT2D eigenvalue weighted by molar-refractivity contribution is -0.149. The van der Waals surface area contributed by atoms with Gasteiger partial charge in [-0.15, -0.1) is 11.3 Å². The van der Waals surface area contributed by atoms with E-state index in [1.807, 2.05) is 13.8 Å². The van der Waals surface area contributed by atoms with Gasteiger partial charge in [0, 0.05) is 17.8 Å². The predicted molar refractivity (Wildman–Crippen MR) is 121 cm³/mol. The molecule has 1 fully saturated rings. The van der Waals surface area contributed by atoms with Crippen LogP contribution in [0.3, 0.4) is 0 Å². The summed E-state index contributed by atoms with van der Waals surface area (Å²) < 4.78 is 37.5. The van der Waals surface area contributed by atoms with Gasteiger partial charge >= 0.3 is 5.97 Å². The Labute approximate surface area is 193 Å². The third-order valence-corrected chi connectivity index (χ3v) is 8.60. The van der Waals surface area contributed by atoms with Crippen LogP contribution in [0.1, 0.15) is 22.7 Å². The number of carbonyl (C=O) groups is 1.